The van der Waals surface area contributed by atoms with Crippen LogP contribution in [0, 0.1) is 11.6 Å². The van der Waals surface area contributed by atoms with E-state index in [4.69, 9.17) is 0 Å². The number of rotatable bonds is 5. The van der Waals surface area contributed by atoms with Crippen LogP contribution in [0.1, 0.15) is 11.1 Å². The fraction of sp³-hybridized carbons (Fsp3) is 0.200. The van der Waals surface area contributed by atoms with E-state index in [-0.39, 0.29) is 0 Å². The molecule has 5 heteroatoms. The highest BCUT2D eigenvalue weighted by molar-refractivity contribution is 9.13. The van der Waals surface area contributed by atoms with Crippen molar-refractivity contribution in [1.29, 1.82) is 0 Å². The van der Waals surface area contributed by atoms with Crippen molar-refractivity contribution in [3.8, 4) is 0 Å². The number of halogens is 4. The molecule has 0 aliphatic carbocycles. The normalized spacial score (nSPS) is 10.8. The SMILES string of the molecule is Fc1cc(F)cc(CCNCc2ccc(Br)c(Br)c2)c1. The molecule has 0 radical (unpaired) electrons. The summed E-state index contributed by atoms with van der Waals surface area (Å²) in [4.78, 5) is 0. The van der Waals surface area contributed by atoms with Gasteiger partial charge in [0.25, 0.3) is 0 Å². The molecule has 0 saturated heterocycles. The van der Waals surface area contributed by atoms with Gasteiger partial charge in [-0.3, -0.25) is 0 Å². The third-order valence-electron chi connectivity index (χ3n) is 2.83. The number of nitrogens with one attached hydrogen (secondary N) is 1. The fourth-order valence-corrected chi connectivity index (χ4v) is 2.54. The van der Waals surface area contributed by atoms with Gasteiger partial charge in [-0.1, -0.05) is 6.07 Å². The van der Waals surface area contributed by atoms with Gasteiger partial charge in [-0.25, -0.2) is 8.78 Å². The second-order valence-electron chi connectivity index (χ2n) is 4.45. The monoisotopic (exact) mass is 403 g/mol. The van der Waals surface area contributed by atoms with Gasteiger partial charge in [-0.2, -0.15) is 0 Å². The third-order valence-corrected chi connectivity index (χ3v) is 4.71. The molecule has 106 valence electrons. The molecule has 2 aromatic rings. The third kappa shape index (κ3) is 4.65. The minimum absolute atomic E-state index is 0.531. The molecule has 0 spiro atoms. The van der Waals surface area contributed by atoms with Gasteiger partial charge in [0.05, 0.1) is 0 Å². The Bertz CT molecular complexity index is 582. The predicted molar refractivity (Wildman–Crippen MR) is 83.6 cm³/mol. The molecule has 0 saturated carbocycles. The Morgan fingerprint density at radius 3 is 2.20 bits per heavy atom. The first-order valence-electron chi connectivity index (χ1n) is 6.14. The van der Waals surface area contributed by atoms with Gasteiger partial charge < -0.3 is 5.32 Å². The Morgan fingerprint density at radius 1 is 0.850 bits per heavy atom. The number of hydrogen-bond donors (Lipinski definition) is 1. The van der Waals surface area contributed by atoms with Crippen molar-refractivity contribution in [1.82, 2.24) is 5.32 Å². The smallest absolute Gasteiger partial charge is 0.126 e. The van der Waals surface area contributed by atoms with E-state index in [1.165, 1.54) is 12.1 Å². The Morgan fingerprint density at radius 2 is 1.55 bits per heavy atom. The van der Waals surface area contributed by atoms with Gasteiger partial charge in [0.2, 0.25) is 0 Å². The van der Waals surface area contributed by atoms with E-state index in [0.717, 1.165) is 20.6 Å². The second-order valence-corrected chi connectivity index (χ2v) is 6.16. The van der Waals surface area contributed by atoms with Gasteiger partial charge in [0.15, 0.2) is 0 Å². The van der Waals surface area contributed by atoms with Crippen LogP contribution in [0.5, 0.6) is 0 Å². The lowest BCUT2D eigenvalue weighted by Crippen LogP contribution is -2.16. The molecule has 0 aromatic heterocycles. The molecule has 20 heavy (non-hydrogen) atoms. The Hall–Kier alpha value is -0.780. The topological polar surface area (TPSA) is 12.0 Å². The van der Waals surface area contributed by atoms with E-state index in [1.54, 1.807) is 0 Å². The molecule has 0 heterocycles. The van der Waals surface area contributed by atoms with Gasteiger partial charge in [0.1, 0.15) is 11.6 Å². The Labute approximate surface area is 133 Å². The minimum atomic E-state index is -0.531. The summed E-state index contributed by atoms with van der Waals surface area (Å²) >= 11 is 6.87. The maximum atomic E-state index is 13.0. The summed E-state index contributed by atoms with van der Waals surface area (Å²) in [6.07, 6.45) is 0.590. The van der Waals surface area contributed by atoms with Gasteiger partial charge in [-0.05, 0) is 80.2 Å². The predicted octanol–water partition coefficient (Wildman–Crippen LogP) is 4.82. The molecule has 0 atom stereocenters. The summed E-state index contributed by atoms with van der Waals surface area (Å²) in [5.74, 6) is -1.06. The molecule has 1 N–H and O–H groups in total. The summed E-state index contributed by atoms with van der Waals surface area (Å²) in [7, 11) is 0. The molecule has 0 aliphatic heterocycles. The lowest BCUT2D eigenvalue weighted by Gasteiger charge is -2.07. The lowest BCUT2D eigenvalue weighted by atomic mass is 10.1. The molecule has 0 fully saturated rings. The average Bonchev–Trinajstić information content (AvgIpc) is 2.38. The van der Waals surface area contributed by atoms with Crippen molar-refractivity contribution in [3.05, 3.63) is 68.1 Å². The summed E-state index contributed by atoms with van der Waals surface area (Å²) in [6, 6.07) is 9.63. The van der Waals surface area contributed by atoms with Crippen LogP contribution >= 0.6 is 31.9 Å². The molecule has 2 aromatic carbocycles. The lowest BCUT2D eigenvalue weighted by molar-refractivity contribution is 0.577. The maximum absolute atomic E-state index is 13.0. The highest BCUT2D eigenvalue weighted by Gasteiger charge is 2.01. The first kappa shape index (κ1) is 15.6. The molecule has 0 aliphatic rings. The van der Waals surface area contributed by atoms with Crippen molar-refractivity contribution >= 4 is 31.9 Å². The van der Waals surface area contributed by atoms with E-state index in [0.29, 0.717) is 25.1 Å². The molecule has 2 rings (SSSR count). The van der Waals surface area contributed by atoms with E-state index in [1.807, 2.05) is 18.2 Å². The maximum Gasteiger partial charge on any atom is 0.126 e. The Balaban J connectivity index is 1.82. The standard InChI is InChI=1S/C15H13Br2F2N/c16-14-2-1-11(7-15(14)17)9-20-4-3-10-5-12(18)8-13(19)6-10/h1-2,5-8,20H,3-4,9H2. The highest BCUT2D eigenvalue weighted by Crippen LogP contribution is 2.23. The molecule has 1 nitrogen and oxygen atoms in total. The van der Waals surface area contributed by atoms with Crippen LogP contribution in [0.3, 0.4) is 0 Å². The van der Waals surface area contributed by atoms with E-state index in [2.05, 4.69) is 37.2 Å². The van der Waals surface area contributed by atoms with Crippen LogP contribution in [-0.2, 0) is 13.0 Å². The quantitative estimate of drug-likeness (QED) is 0.704. The van der Waals surface area contributed by atoms with Crippen LogP contribution in [0.25, 0.3) is 0 Å². The summed E-state index contributed by atoms with van der Waals surface area (Å²) in [5, 5.41) is 3.25. The zero-order valence-electron chi connectivity index (χ0n) is 10.6. The van der Waals surface area contributed by atoms with Crippen LogP contribution in [0.4, 0.5) is 8.78 Å². The summed E-state index contributed by atoms with van der Waals surface area (Å²) < 4.78 is 28.0. The van der Waals surface area contributed by atoms with Crippen LogP contribution < -0.4 is 5.32 Å². The first-order valence-corrected chi connectivity index (χ1v) is 7.73. The first-order chi connectivity index (χ1) is 9.54. The van der Waals surface area contributed by atoms with E-state index < -0.39 is 11.6 Å². The van der Waals surface area contributed by atoms with Crippen molar-refractivity contribution in [2.24, 2.45) is 0 Å². The van der Waals surface area contributed by atoms with Crippen LogP contribution in [-0.4, -0.2) is 6.54 Å². The zero-order chi connectivity index (χ0) is 14.5. The largest absolute Gasteiger partial charge is 0.312 e. The van der Waals surface area contributed by atoms with Crippen LogP contribution in [0.15, 0.2) is 45.3 Å². The molecule has 0 unspecified atom stereocenters. The molecular weight excluding hydrogens is 392 g/mol. The minimum Gasteiger partial charge on any atom is -0.312 e. The molecule has 0 amide bonds. The zero-order valence-corrected chi connectivity index (χ0v) is 13.8. The van der Waals surface area contributed by atoms with Gasteiger partial charge in [0, 0.05) is 21.6 Å². The molecule has 0 bridgehead atoms. The average molecular weight is 405 g/mol. The van der Waals surface area contributed by atoms with Gasteiger partial charge in [-0.15, -0.1) is 0 Å². The summed E-state index contributed by atoms with van der Waals surface area (Å²) in [5.41, 5.74) is 1.80. The van der Waals surface area contributed by atoms with Crippen LogP contribution in [0.2, 0.25) is 0 Å². The summed E-state index contributed by atoms with van der Waals surface area (Å²) in [6.45, 7) is 1.38. The number of hydrogen-bond acceptors (Lipinski definition) is 1. The molecular formula is C15H13Br2F2N. The van der Waals surface area contributed by atoms with E-state index in [9.17, 15) is 8.78 Å². The van der Waals surface area contributed by atoms with Crippen molar-refractivity contribution in [2.75, 3.05) is 6.54 Å². The fourth-order valence-electron chi connectivity index (χ4n) is 1.87. The van der Waals surface area contributed by atoms with Crippen molar-refractivity contribution < 1.29 is 8.78 Å². The number of benzene rings is 2. The van der Waals surface area contributed by atoms with E-state index >= 15 is 0 Å². The Kier molecular flexibility index (Phi) is 5.69. The van der Waals surface area contributed by atoms with Gasteiger partial charge >= 0.3 is 0 Å². The van der Waals surface area contributed by atoms with Crippen molar-refractivity contribution in [3.63, 3.8) is 0 Å². The second kappa shape index (κ2) is 7.29. The highest BCUT2D eigenvalue weighted by atomic mass is 79.9. The van der Waals surface area contributed by atoms with Crippen molar-refractivity contribution in [2.45, 2.75) is 13.0 Å².